The highest BCUT2D eigenvalue weighted by atomic mass is 35.5. The molecular formula is C12H17ClF3NO3. The Hall–Kier alpha value is -1.18. The van der Waals surface area contributed by atoms with Crippen LogP contribution in [0.4, 0.5) is 13.2 Å². The first-order chi connectivity index (χ1) is 8.87. The van der Waals surface area contributed by atoms with Crippen LogP contribution in [-0.4, -0.2) is 25.2 Å². The fourth-order valence-corrected chi connectivity index (χ4v) is 1.67. The maximum absolute atomic E-state index is 12.1. The summed E-state index contributed by atoms with van der Waals surface area (Å²) in [6.07, 6.45) is -3.86. The molecule has 0 aliphatic carbocycles. The van der Waals surface area contributed by atoms with E-state index >= 15 is 0 Å². The van der Waals surface area contributed by atoms with Crippen molar-refractivity contribution in [3.63, 3.8) is 0 Å². The summed E-state index contributed by atoms with van der Waals surface area (Å²) in [5.41, 5.74) is 6.28. The minimum absolute atomic E-state index is 0. The Morgan fingerprint density at radius 3 is 2.50 bits per heavy atom. The maximum Gasteiger partial charge on any atom is 0.573 e. The van der Waals surface area contributed by atoms with Crippen molar-refractivity contribution in [1.29, 1.82) is 0 Å². The zero-order valence-electron chi connectivity index (χ0n) is 10.8. The van der Waals surface area contributed by atoms with Crippen molar-refractivity contribution < 1.29 is 27.8 Å². The summed E-state index contributed by atoms with van der Waals surface area (Å²) in [5, 5.41) is 8.74. The van der Waals surface area contributed by atoms with E-state index in [2.05, 4.69) is 4.74 Å². The first kappa shape index (κ1) is 18.8. The number of aliphatic hydroxyl groups excluding tert-OH is 1. The van der Waals surface area contributed by atoms with Crippen molar-refractivity contribution in [2.45, 2.75) is 25.2 Å². The minimum Gasteiger partial charge on any atom is -0.496 e. The maximum atomic E-state index is 12.1. The SMILES string of the molecule is COc1ccc(OC(F)(F)F)cc1[C@@H](N)CCCO.Cl. The van der Waals surface area contributed by atoms with Gasteiger partial charge in [-0.2, -0.15) is 0 Å². The summed E-state index contributed by atoms with van der Waals surface area (Å²) in [6.45, 7) is -0.0330. The molecule has 3 N–H and O–H groups in total. The van der Waals surface area contributed by atoms with Crippen LogP contribution in [0.15, 0.2) is 18.2 Å². The summed E-state index contributed by atoms with van der Waals surface area (Å²) in [4.78, 5) is 0. The molecule has 0 heterocycles. The molecule has 1 aromatic carbocycles. The third-order valence-electron chi connectivity index (χ3n) is 2.51. The van der Waals surface area contributed by atoms with Gasteiger partial charge in [0.05, 0.1) is 7.11 Å². The first-order valence-corrected chi connectivity index (χ1v) is 5.67. The van der Waals surface area contributed by atoms with E-state index in [4.69, 9.17) is 15.6 Å². The number of alkyl halides is 3. The van der Waals surface area contributed by atoms with Gasteiger partial charge in [0.2, 0.25) is 0 Å². The highest BCUT2D eigenvalue weighted by Gasteiger charge is 2.31. The Kier molecular flexibility index (Phi) is 7.70. The number of nitrogens with two attached hydrogens (primary N) is 1. The molecule has 0 fully saturated rings. The quantitative estimate of drug-likeness (QED) is 0.847. The average Bonchev–Trinajstić information content (AvgIpc) is 2.34. The van der Waals surface area contributed by atoms with Crippen molar-refractivity contribution >= 4 is 12.4 Å². The summed E-state index contributed by atoms with van der Waals surface area (Å²) in [7, 11) is 1.40. The largest absolute Gasteiger partial charge is 0.573 e. The third kappa shape index (κ3) is 5.85. The van der Waals surface area contributed by atoms with Crippen LogP contribution in [0.2, 0.25) is 0 Å². The Bertz CT molecular complexity index is 415. The van der Waals surface area contributed by atoms with Crippen LogP contribution in [0.3, 0.4) is 0 Å². The molecular weight excluding hydrogens is 299 g/mol. The summed E-state index contributed by atoms with van der Waals surface area (Å²) < 4.78 is 45.3. The van der Waals surface area contributed by atoms with Crippen LogP contribution < -0.4 is 15.2 Å². The van der Waals surface area contributed by atoms with Crippen molar-refractivity contribution in [3.8, 4) is 11.5 Å². The monoisotopic (exact) mass is 315 g/mol. The summed E-state index contributed by atoms with van der Waals surface area (Å²) in [6, 6.07) is 3.21. The topological polar surface area (TPSA) is 64.7 Å². The molecule has 0 unspecified atom stereocenters. The number of ether oxygens (including phenoxy) is 2. The molecule has 20 heavy (non-hydrogen) atoms. The van der Waals surface area contributed by atoms with Crippen LogP contribution in [0, 0.1) is 0 Å². The Labute approximate surface area is 121 Å². The molecule has 0 aromatic heterocycles. The second-order valence-electron chi connectivity index (χ2n) is 3.92. The van der Waals surface area contributed by atoms with E-state index in [1.807, 2.05) is 0 Å². The Morgan fingerprint density at radius 1 is 1.35 bits per heavy atom. The van der Waals surface area contributed by atoms with Gasteiger partial charge >= 0.3 is 6.36 Å². The van der Waals surface area contributed by atoms with Gasteiger partial charge < -0.3 is 20.3 Å². The van der Waals surface area contributed by atoms with Crippen molar-refractivity contribution in [2.24, 2.45) is 5.73 Å². The van der Waals surface area contributed by atoms with E-state index in [0.29, 0.717) is 24.2 Å². The normalized spacial score (nSPS) is 12.5. The van der Waals surface area contributed by atoms with E-state index in [1.165, 1.54) is 19.2 Å². The predicted octanol–water partition coefficient (Wildman–Crippen LogP) is 2.79. The second-order valence-corrected chi connectivity index (χ2v) is 3.92. The predicted molar refractivity (Wildman–Crippen MR) is 70.2 cm³/mol. The fourth-order valence-electron chi connectivity index (χ4n) is 1.67. The van der Waals surface area contributed by atoms with Crippen LogP contribution in [-0.2, 0) is 0 Å². The van der Waals surface area contributed by atoms with Crippen LogP contribution in [0.1, 0.15) is 24.4 Å². The van der Waals surface area contributed by atoms with Crippen LogP contribution in [0.5, 0.6) is 11.5 Å². The van der Waals surface area contributed by atoms with E-state index < -0.39 is 12.4 Å². The molecule has 116 valence electrons. The molecule has 0 spiro atoms. The molecule has 0 bridgehead atoms. The zero-order valence-corrected chi connectivity index (χ0v) is 11.6. The number of methoxy groups -OCH3 is 1. The number of aliphatic hydroxyl groups is 1. The van der Waals surface area contributed by atoms with Gasteiger partial charge in [0.25, 0.3) is 0 Å². The molecule has 0 amide bonds. The molecule has 0 aliphatic rings. The molecule has 1 atom stereocenters. The standard InChI is InChI=1S/C12H16F3NO3.ClH/c1-18-11-5-4-8(19-12(13,14)15)7-9(11)10(16)3-2-6-17;/h4-5,7,10,17H,2-3,6,16H2,1H3;1H/t10-;/m0./s1. The lowest BCUT2D eigenvalue weighted by molar-refractivity contribution is -0.274. The molecule has 0 saturated carbocycles. The molecule has 1 aromatic rings. The smallest absolute Gasteiger partial charge is 0.496 e. The van der Waals surface area contributed by atoms with Gasteiger partial charge in [0, 0.05) is 18.2 Å². The summed E-state index contributed by atoms with van der Waals surface area (Å²) >= 11 is 0. The summed E-state index contributed by atoms with van der Waals surface area (Å²) in [5.74, 6) is 0.0442. The molecule has 8 heteroatoms. The molecule has 1 rings (SSSR count). The molecule has 4 nitrogen and oxygen atoms in total. The minimum atomic E-state index is -4.75. The first-order valence-electron chi connectivity index (χ1n) is 5.67. The number of hydrogen-bond donors (Lipinski definition) is 2. The molecule has 0 saturated heterocycles. The van der Waals surface area contributed by atoms with Gasteiger partial charge in [-0.05, 0) is 31.0 Å². The van der Waals surface area contributed by atoms with Crippen molar-refractivity contribution in [1.82, 2.24) is 0 Å². The molecule has 0 aliphatic heterocycles. The van der Waals surface area contributed by atoms with E-state index in [-0.39, 0.29) is 24.8 Å². The number of benzene rings is 1. The lowest BCUT2D eigenvalue weighted by Crippen LogP contribution is -2.18. The number of hydrogen-bond acceptors (Lipinski definition) is 4. The lowest BCUT2D eigenvalue weighted by atomic mass is 10.0. The Balaban J connectivity index is 0.00000361. The van der Waals surface area contributed by atoms with Gasteiger partial charge in [-0.25, -0.2) is 0 Å². The number of rotatable bonds is 6. The van der Waals surface area contributed by atoms with Crippen LogP contribution >= 0.6 is 12.4 Å². The fraction of sp³-hybridized carbons (Fsp3) is 0.500. The average molecular weight is 316 g/mol. The van der Waals surface area contributed by atoms with E-state index in [1.54, 1.807) is 0 Å². The van der Waals surface area contributed by atoms with Crippen molar-refractivity contribution in [3.05, 3.63) is 23.8 Å². The van der Waals surface area contributed by atoms with Gasteiger partial charge in [-0.1, -0.05) is 0 Å². The second kappa shape index (κ2) is 8.18. The Morgan fingerprint density at radius 2 is 2.00 bits per heavy atom. The molecule has 0 radical (unpaired) electrons. The van der Waals surface area contributed by atoms with Gasteiger partial charge in [-0.15, -0.1) is 25.6 Å². The highest BCUT2D eigenvalue weighted by Crippen LogP contribution is 2.32. The van der Waals surface area contributed by atoms with E-state index in [9.17, 15) is 13.2 Å². The van der Waals surface area contributed by atoms with Gasteiger partial charge in [0.1, 0.15) is 11.5 Å². The van der Waals surface area contributed by atoms with Gasteiger partial charge in [-0.3, -0.25) is 0 Å². The third-order valence-corrected chi connectivity index (χ3v) is 2.51. The number of halogens is 4. The highest BCUT2D eigenvalue weighted by molar-refractivity contribution is 5.85. The zero-order chi connectivity index (χ0) is 14.5. The van der Waals surface area contributed by atoms with E-state index in [0.717, 1.165) is 6.07 Å². The van der Waals surface area contributed by atoms with Gasteiger partial charge in [0.15, 0.2) is 0 Å². The van der Waals surface area contributed by atoms with Crippen LogP contribution in [0.25, 0.3) is 0 Å². The van der Waals surface area contributed by atoms with Crippen molar-refractivity contribution in [2.75, 3.05) is 13.7 Å². The lowest BCUT2D eigenvalue weighted by Gasteiger charge is -2.17.